The van der Waals surface area contributed by atoms with Gasteiger partial charge in [-0.15, -0.1) is 0 Å². The van der Waals surface area contributed by atoms with Crippen LogP contribution < -0.4 is 15.4 Å². The van der Waals surface area contributed by atoms with Crippen LogP contribution >= 0.6 is 0 Å². The van der Waals surface area contributed by atoms with E-state index in [4.69, 9.17) is 4.74 Å². The summed E-state index contributed by atoms with van der Waals surface area (Å²) in [5, 5.41) is 6.11. The van der Waals surface area contributed by atoms with Gasteiger partial charge in [0.1, 0.15) is 11.6 Å². The monoisotopic (exact) mass is 361 g/mol. The van der Waals surface area contributed by atoms with Gasteiger partial charge in [-0.3, -0.25) is 4.79 Å². The number of carbonyl (C=O) groups excluding carboxylic acids is 1. The second-order valence-electron chi connectivity index (χ2n) is 6.27. The quantitative estimate of drug-likeness (QED) is 0.651. The lowest BCUT2D eigenvalue weighted by Gasteiger charge is -2.11. The Morgan fingerprint density at radius 1 is 1.07 bits per heavy atom. The number of benzene rings is 2. The highest BCUT2D eigenvalue weighted by molar-refractivity contribution is 6.05. The molecule has 0 fully saturated rings. The maximum atomic E-state index is 12.5. The molecule has 0 saturated heterocycles. The van der Waals surface area contributed by atoms with Gasteiger partial charge in [-0.25, -0.2) is 4.98 Å². The fourth-order valence-electron chi connectivity index (χ4n) is 2.69. The van der Waals surface area contributed by atoms with Gasteiger partial charge in [0.05, 0.1) is 18.4 Å². The second kappa shape index (κ2) is 8.36. The molecule has 1 aromatic heterocycles. The number of hydrogen-bond acceptors (Lipinski definition) is 4. The highest BCUT2D eigenvalue weighted by Crippen LogP contribution is 2.26. The van der Waals surface area contributed by atoms with Crippen molar-refractivity contribution < 1.29 is 9.53 Å². The third kappa shape index (κ3) is 4.64. The zero-order chi connectivity index (χ0) is 19.2. The smallest absolute Gasteiger partial charge is 0.257 e. The summed E-state index contributed by atoms with van der Waals surface area (Å²) >= 11 is 0. The summed E-state index contributed by atoms with van der Waals surface area (Å²) in [4.78, 5) is 16.8. The number of hydrogen-bond donors (Lipinski definition) is 2. The molecule has 3 rings (SSSR count). The normalized spacial score (nSPS) is 10.3. The van der Waals surface area contributed by atoms with Gasteiger partial charge < -0.3 is 15.4 Å². The molecule has 2 N–H and O–H groups in total. The summed E-state index contributed by atoms with van der Waals surface area (Å²) in [7, 11) is 1.58. The van der Waals surface area contributed by atoms with E-state index < -0.39 is 0 Å². The number of ether oxygens (including phenoxy) is 1. The lowest BCUT2D eigenvalue weighted by molar-refractivity contribution is 0.102. The van der Waals surface area contributed by atoms with E-state index in [1.54, 1.807) is 25.4 Å². The lowest BCUT2D eigenvalue weighted by Crippen LogP contribution is -2.13. The zero-order valence-electron chi connectivity index (χ0n) is 15.7. The first-order valence-electron chi connectivity index (χ1n) is 8.87. The summed E-state index contributed by atoms with van der Waals surface area (Å²) in [6.07, 6.45) is 2.56. The fourth-order valence-corrected chi connectivity index (χ4v) is 2.69. The summed E-state index contributed by atoms with van der Waals surface area (Å²) in [5.74, 6) is 1.07. The van der Waals surface area contributed by atoms with Crippen LogP contribution in [0.25, 0.3) is 0 Å². The fraction of sp³-hybridized carbons (Fsp3) is 0.182. The molecule has 0 aliphatic heterocycles. The van der Waals surface area contributed by atoms with Crippen molar-refractivity contribution in [2.45, 2.75) is 20.3 Å². The van der Waals surface area contributed by atoms with E-state index in [-0.39, 0.29) is 5.91 Å². The summed E-state index contributed by atoms with van der Waals surface area (Å²) in [6.45, 7) is 4.09. The van der Waals surface area contributed by atoms with E-state index in [0.29, 0.717) is 22.8 Å². The summed E-state index contributed by atoms with van der Waals surface area (Å²) in [5.41, 5.74) is 4.40. The zero-order valence-corrected chi connectivity index (χ0v) is 15.7. The van der Waals surface area contributed by atoms with E-state index in [0.717, 1.165) is 17.7 Å². The molecule has 0 atom stereocenters. The van der Waals surface area contributed by atoms with Crippen molar-refractivity contribution in [2.24, 2.45) is 0 Å². The Morgan fingerprint density at radius 3 is 2.48 bits per heavy atom. The second-order valence-corrected chi connectivity index (χ2v) is 6.27. The van der Waals surface area contributed by atoms with Gasteiger partial charge in [0.2, 0.25) is 0 Å². The number of methoxy groups -OCH3 is 1. The third-order valence-electron chi connectivity index (χ3n) is 4.26. The molecule has 0 spiro atoms. The first-order chi connectivity index (χ1) is 13.1. The number of anilines is 3. The predicted molar refractivity (Wildman–Crippen MR) is 109 cm³/mol. The molecule has 0 unspecified atom stereocenters. The summed E-state index contributed by atoms with van der Waals surface area (Å²) < 4.78 is 5.30. The van der Waals surface area contributed by atoms with Gasteiger partial charge in [0.15, 0.2) is 0 Å². The third-order valence-corrected chi connectivity index (χ3v) is 4.26. The van der Waals surface area contributed by atoms with Gasteiger partial charge in [-0.1, -0.05) is 25.1 Å². The standard InChI is InChI=1S/C22H23N3O2/c1-4-16-6-9-18(10-7-16)24-21-12-8-17(14-23-21)22(26)25-19-13-15(2)5-11-20(19)27-3/h5-14H,4H2,1-3H3,(H,23,24)(H,25,26). The first-order valence-corrected chi connectivity index (χ1v) is 8.87. The Morgan fingerprint density at radius 2 is 1.85 bits per heavy atom. The molecule has 1 heterocycles. The van der Waals surface area contributed by atoms with Crippen LogP contribution in [0.1, 0.15) is 28.4 Å². The molecule has 1 amide bonds. The maximum Gasteiger partial charge on any atom is 0.257 e. The number of rotatable bonds is 6. The molecule has 2 aromatic carbocycles. The molecule has 138 valence electrons. The molecule has 0 bridgehead atoms. The van der Waals surface area contributed by atoms with Crippen LogP contribution in [0.15, 0.2) is 60.8 Å². The maximum absolute atomic E-state index is 12.5. The van der Waals surface area contributed by atoms with Gasteiger partial charge in [0, 0.05) is 11.9 Å². The molecule has 0 aliphatic carbocycles. The molecule has 0 aliphatic rings. The van der Waals surface area contributed by atoms with E-state index in [2.05, 4.69) is 34.7 Å². The van der Waals surface area contributed by atoms with Crippen LogP contribution in [-0.4, -0.2) is 18.0 Å². The van der Waals surface area contributed by atoms with Crippen molar-refractivity contribution in [2.75, 3.05) is 17.7 Å². The number of aromatic nitrogens is 1. The van der Waals surface area contributed by atoms with Crippen LogP contribution in [0.2, 0.25) is 0 Å². The van der Waals surface area contributed by atoms with Gasteiger partial charge in [0.25, 0.3) is 5.91 Å². The molecule has 5 heteroatoms. The van der Waals surface area contributed by atoms with Crippen LogP contribution in [0.4, 0.5) is 17.2 Å². The molecule has 0 saturated carbocycles. The number of nitrogens with one attached hydrogen (secondary N) is 2. The van der Waals surface area contributed by atoms with Crippen molar-refractivity contribution in [1.29, 1.82) is 0 Å². The minimum Gasteiger partial charge on any atom is -0.495 e. The van der Waals surface area contributed by atoms with E-state index >= 15 is 0 Å². The lowest BCUT2D eigenvalue weighted by atomic mass is 10.1. The number of aryl methyl sites for hydroxylation is 2. The molecular formula is C22H23N3O2. The van der Waals surface area contributed by atoms with Crippen LogP contribution in [-0.2, 0) is 6.42 Å². The van der Waals surface area contributed by atoms with Gasteiger partial charge in [-0.05, 0) is 60.9 Å². The van der Waals surface area contributed by atoms with Crippen LogP contribution in [0.5, 0.6) is 5.75 Å². The number of pyridine rings is 1. The van der Waals surface area contributed by atoms with E-state index in [1.807, 2.05) is 37.3 Å². The van der Waals surface area contributed by atoms with Crippen molar-refractivity contribution >= 4 is 23.1 Å². The number of nitrogens with zero attached hydrogens (tertiary/aromatic N) is 1. The van der Waals surface area contributed by atoms with Crippen LogP contribution in [0.3, 0.4) is 0 Å². The average Bonchev–Trinajstić information content (AvgIpc) is 2.69. The highest BCUT2D eigenvalue weighted by atomic mass is 16.5. The average molecular weight is 361 g/mol. The molecule has 27 heavy (non-hydrogen) atoms. The Labute approximate surface area is 159 Å². The number of amides is 1. The minimum atomic E-state index is -0.231. The summed E-state index contributed by atoms with van der Waals surface area (Å²) in [6, 6.07) is 17.4. The van der Waals surface area contributed by atoms with Crippen molar-refractivity contribution in [3.05, 3.63) is 77.5 Å². The first kappa shape index (κ1) is 18.5. The van der Waals surface area contributed by atoms with Crippen LogP contribution in [0, 0.1) is 6.92 Å². The molecule has 3 aromatic rings. The van der Waals surface area contributed by atoms with Crippen molar-refractivity contribution in [3.8, 4) is 5.75 Å². The highest BCUT2D eigenvalue weighted by Gasteiger charge is 2.10. The molecular weight excluding hydrogens is 338 g/mol. The largest absolute Gasteiger partial charge is 0.495 e. The Bertz CT molecular complexity index is 919. The Balaban J connectivity index is 1.69. The molecule has 5 nitrogen and oxygen atoms in total. The molecule has 0 radical (unpaired) electrons. The Kier molecular flexibility index (Phi) is 5.71. The van der Waals surface area contributed by atoms with Gasteiger partial charge >= 0.3 is 0 Å². The van der Waals surface area contributed by atoms with Crippen molar-refractivity contribution in [1.82, 2.24) is 4.98 Å². The van der Waals surface area contributed by atoms with E-state index in [1.165, 1.54) is 5.56 Å². The van der Waals surface area contributed by atoms with Crippen molar-refractivity contribution in [3.63, 3.8) is 0 Å². The predicted octanol–water partition coefficient (Wildman–Crippen LogP) is 4.96. The number of carbonyl (C=O) groups is 1. The van der Waals surface area contributed by atoms with E-state index in [9.17, 15) is 4.79 Å². The topological polar surface area (TPSA) is 63.2 Å². The SMILES string of the molecule is CCc1ccc(Nc2ccc(C(=O)Nc3cc(C)ccc3OC)cn2)cc1. The van der Waals surface area contributed by atoms with Gasteiger partial charge in [-0.2, -0.15) is 0 Å². The minimum absolute atomic E-state index is 0.231. The Hall–Kier alpha value is -3.34.